The molecule has 0 saturated carbocycles. The highest BCUT2D eigenvalue weighted by Gasteiger charge is 2.24. The summed E-state index contributed by atoms with van der Waals surface area (Å²) in [6, 6.07) is 39.2. The second-order valence-electron chi connectivity index (χ2n) is 15.4. The summed E-state index contributed by atoms with van der Waals surface area (Å²) in [7, 11) is 0. The van der Waals surface area contributed by atoms with Gasteiger partial charge in [0.25, 0.3) is 0 Å². The Morgan fingerprint density at radius 2 is 0.967 bits per heavy atom. The summed E-state index contributed by atoms with van der Waals surface area (Å²) in [4.78, 5) is 12.6. The smallest absolute Gasteiger partial charge is 0.151 e. The number of hydrogen-bond donors (Lipinski definition) is 0. The van der Waals surface area contributed by atoms with Crippen molar-refractivity contribution >= 4 is 82.9 Å². The number of ether oxygens (including phenoxy) is 2. The van der Waals surface area contributed by atoms with E-state index in [2.05, 4.69) is 171 Å². The van der Waals surface area contributed by atoms with E-state index in [1.54, 1.807) is 22.7 Å². The van der Waals surface area contributed by atoms with Crippen LogP contribution in [-0.2, 0) is 6.54 Å². The molecule has 0 amide bonds. The maximum atomic E-state index is 6.12. The van der Waals surface area contributed by atoms with E-state index in [1.165, 1.54) is 88.6 Å². The number of hydrogen-bond acceptors (Lipinski definition) is 7. The van der Waals surface area contributed by atoms with E-state index in [-0.39, 0.29) is 0 Å². The Bertz CT molecular complexity index is 2320. The highest BCUT2D eigenvalue weighted by atomic mass is 79.9. The molecular formula is C51H57Br2N3O2S3. The lowest BCUT2D eigenvalue weighted by Crippen LogP contribution is -2.10. The van der Waals surface area contributed by atoms with Crippen molar-refractivity contribution < 1.29 is 9.47 Å². The highest BCUT2D eigenvalue weighted by molar-refractivity contribution is 9.11. The summed E-state index contributed by atoms with van der Waals surface area (Å²) in [6.45, 7) is 9.17. The number of aromatic nitrogens is 2. The molecule has 7 aromatic rings. The minimum Gasteiger partial charge on any atom is -0.494 e. The Morgan fingerprint density at radius 1 is 0.492 bits per heavy atom. The van der Waals surface area contributed by atoms with Crippen molar-refractivity contribution in [2.75, 3.05) is 18.1 Å². The molecule has 0 aliphatic heterocycles. The van der Waals surface area contributed by atoms with Gasteiger partial charge in [-0.05, 0) is 154 Å². The van der Waals surface area contributed by atoms with Gasteiger partial charge >= 0.3 is 0 Å². The van der Waals surface area contributed by atoms with Gasteiger partial charge in [-0.2, -0.15) is 0 Å². The van der Waals surface area contributed by atoms with Gasteiger partial charge in [-0.25, -0.2) is 4.98 Å². The average molecular weight is 1000 g/mol. The normalized spacial score (nSPS) is 11.4. The van der Waals surface area contributed by atoms with Crippen LogP contribution in [-0.4, -0.2) is 22.8 Å². The average Bonchev–Trinajstić information content (AvgIpc) is 4.11. The molecule has 0 unspecified atom stereocenters. The number of anilines is 3. The van der Waals surface area contributed by atoms with E-state index in [0.717, 1.165) is 86.7 Å². The number of thiophene rings is 3. The van der Waals surface area contributed by atoms with Crippen LogP contribution in [0.1, 0.15) is 97.8 Å². The van der Waals surface area contributed by atoms with E-state index >= 15 is 0 Å². The molecule has 0 radical (unpaired) electrons. The number of rotatable bonds is 24. The fourth-order valence-corrected chi connectivity index (χ4v) is 11.3. The minimum absolute atomic E-state index is 0.747. The lowest BCUT2D eigenvalue weighted by molar-refractivity contribution is 0.305. The second kappa shape index (κ2) is 23.1. The van der Waals surface area contributed by atoms with Crippen molar-refractivity contribution in [1.29, 1.82) is 0 Å². The molecule has 0 atom stereocenters. The summed E-state index contributed by atoms with van der Waals surface area (Å²) in [5.41, 5.74) is 6.67. The van der Waals surface area contributed by atoms with Gasteiger partial charge < -0.3 is 18.9 Å². The minimum atomic E-state index is 0.747. The van der Waals surface area contributed by atoms with Crippen LogP contribution in [0.2, 0.25) is 0 Å². The van der Waals surface area contributed by atoms with Crippen LogP contribution in [0, 0.1) is 0 Å². The zero-order valence-corrected chi connectivity index (χ0v) is 41.3. The van der Waals surface area contributed by atoms with Gasteiger partial charge in [-0.3, -0.25) is 0 Å². The first-order valence-electron chi connectivity index (χ1n) is 22.0. The quantitative estimate of drug-likeness (QED) is 0.0566. The van der Waals surface area contributed by atoms with Crippen LogP contribution in [0.5, 0.6) is 11.5 Å². The first-order valence-corrected chi connectivity index (χ1v) is 26.1. The molecule has 4 aromatic heterocycles. The molecule has 10 heteroatoms. The van der Waals surface area contributed by atoms with Crippen LogP contribution in [0.15, 0.2) is 117 Å². The Morgan fingerprint density at radius 3 is 1.48 bits per heavy atom. The molecule has 61 heavy (non-hydrogen) atoms. The maximum Gasteiger partial charge on any atom is 0.151 e. The molecular weight excluding hydrogens is 943 g/mol. The molecule has 0 aliphatic carbocycles. The molecule has 0 bridgehead atoms. The van der Waals surface area contributed by atoms with Gasteiger partial charge in [-0.1, -0.05) is 90.7 Å². The number of unbranched alkanes of at least 4 members (excludes halogenated alkanes) is 9. The first kappa shape index (κ1) is 45.4. The van der Waals surface area contributed by atoms with Gasteiger partial charge in [0.05, 0.1) is 41.1 Å². The Balaban J connectivity index is 1.17. The molecule has 0 saturated heterocycles. The van der Waals surface area contributed by atoms with Gasteiger partial charge in [0.15, 0.2) is 5.82 Å². The summed E-state index contributed by atoms with van der Waals surface area (Å²) in [5, 5.41) is 0. The number of imidazole rings is 1. The Hall–Kier alpha value is -3.67. The van der Waals surface area contributed by atoms with E-state index in [9.17, 15) is 0 Å². The van der Waals surface area contributed by atoms with Crippen molar-refractivity contribution in [3.8, 4) is 53.8 Å². The summed E-state index contributed by atoms with van der Waals surface area (Å²) < 4.78 is 17.0. The van der Waals surface area contributed by atoms with E-state index in [4.69, 9.17) is 14.5 Å². The van der Waals surface area contributed by atoms with Crippen LogP contribution in [0.3, 0.4) is 0 Å². The van der Waals surface area contributed by atoms with Crippen LogP contribution in [0.4, 0.5) is 17.1 Å². The molecule has 0 spiro atoms. The Kier molecular flexibility index (Phi) is 17.2. The number of halogens is 2. The molecule has 320 valence electrons. The fraction of sp³-hybridized carbons (Fsp3) is 0.353. The maximum absolute atomic E-state index is 6.12. The van der Waals surface area contributed by atoms with Crippen molar-refractivity contribution in [3.63, 3.8) is 0 Å². The van der Waals surface area contributed by atoms with Crippen molar-refractivity contribution in [1.82, 2.24) is 9.55 Å². The molecule has 7 rings (SSSR count). The SMILES string of the molecule is CCCCCCOc1ccc(N(c2ccc(OCCCCCC)cc2)c2ccc(-c3ccc(-c4nc(-c5ccc(Br)s5)c(-c5ccc(Br)s5)n4CCCCCC)s3)cc2)cc1. The van der Waals surface area contributed by atoms with Crippen LogP contribution >= 0.6 is 65.9 Å². The third-order valence-corrected chi connectivity index (χ3v) is 15.2. The molecule has 0 aliphatic rings. The van der Waals surface area contributed by atoms with E-state index < -0.39 is 0 Å². The standard InChI is InChI=1S/C51H57Br2N3O2S3/c1-4-7-10-13-34-55-50(45-31-33-48(53)61-45)49(44-30-32-47(52)60-44)54-51(55)46-29-28-43(59-46)37-16-18-38(19-17-37)56(39-20-24-41(25-21-39)57-35-14-11-8-5-2)40-22-26-42(27-23-40)58-36-15-12-9-6-3/h16-33H,4-15,34-36H2,1-3H3. The second-order valence-corrected chi connectivity index (χ2v) is 21.4. The van der Waals surface area contributed by atoms with Crippen molar-refractivity contribution in [3.05, 3.63) is 117 Å². The zero-order chi connectivity index (χ0) is 42.4. The Labute approximate surface area is 392 Å². The number of nitrogens with zero attached hydrogens (tertiary/aromatic N) is 3. The van der Waals surface area contributed by atoms with Crippen LogP contribution < -0.4 is 14.4 Å². The predicted octanol–water partition coefficient (Wildman–Crippen LogP) is 18.2. The molecule has 0 fully saturated rings. The number of benzene rings is 3. The molecule has 3 aromatic carbocycles. The lowest BCUT2D eigenvalue weighted by Gasteiger charge is -2.26. The van der Waals surface area contributed by atoms with Gasteiger partial charge in [0.1, 0.15) is 17.2 Å². The van der Waals surface area contributed by atoms with E-state index in [1.807, 2.05) is 11.3 Å². The van der Waals surface area contributed by atoms with Gasteiger partial charge in [0, 0.05) is 28.5 Å². The third-order valence-electron chi connectivity index (χ3n) is 10.8. The van der Waals surface area contributed by atoms with Gasteiger partial charge in [-0.15, -0.1) is 34.0 Å². The van der Waals surface area contributed by atoms with Crippen LogP contribution in [0.25, 0.3) is 42.3 Å². The summed E-state index contributed by atoms with van der Waals surface area (Å²) >= 11 is 12.8. The van der Waals surface area contributed by atoms with Crippen molar-refractivity contribution in [2.45, 2.75) is 104 Å². The summed E-state index contributed by atoms with van der Waals surface area (Å²) in [5.74, 6) is 2.85. The monoisotopic (exact) mass is 997 g/mol. The van der Waals surface area contributed by atoms with Crippen molar-refractivity contribution in [2.24, 2.45) is 0 Å². The lowest BCUT2D eigenvalue weighted by atomic mass is 10.1. The largest absolute Gasteiger partial charge is 0.494 e. The molecule has 5 nitrogen and oxygen atoms in total. The molecule has 4 heterocycles. The highest BCUT2D eigenvalue weighted by Crippen LogP contribution is 2.45. The zero-order valence-electron chi connectivity index (χ0n) is 35.6. The van der Waals surface area contributed by atoms with E-state index in [0.29, 0.717) is 0 Å². The first-order chi connectivity index (χ1) is 29.9. The molecule has 0 N–H and O–H groups in total. The topological polar surface area (TPSA) is 39.5 Å². The predicted molar refractivity (Wildman–Crippen MR) is 271 cm³/mol. The third kappa shape index (κ3) is 12.1. The fourth-order valence-electron chi connectivity index (χ4n) is 7.52. The summed E-state index contributed by atoms with van der Waals surface area (Å²) in [6.07, 6.45) is 14.3. The van der Waals surface area contributed by atoms with Gasteiger partial charge in [0.2, 0.25) is 0 Å².